The Morgan fingerprint density at radius 1 is 0.667 bits per heavy atom. The Balaban J connectivity index is 1.61. The normalized spacial score (nSPS) is 10.1. The van der Waals surface area contributed by atoms with E-state index in [-0.39, 0.29) is 5.56 Å². The van der Waals surface area contributed by atoms with Gasteiger partial charge in [-0.15, -0.1) is 0 Å². The van der Waals surface area contributed by atoms with E-state index in [0.29, 0.717) is 17.1 Å². The molecule has 0 atom stereocenters. The van der Waals surface area contributed by atoms with E-state index in [1.54, 1.807) is 36.4 Å². The number of hydrogen-bond donors (Lipinski definition) is 3. The summed E-state index contributed by atoms with van der Waals surface area (Å²) in [6.07, 6.45) is 0. The van der Waals surface area contributed by atoms with Crippen LogP contribution in [0, 0.1) is 11.6 Å². The van der Waals surface area contributed by atoms with Crippen molar-refractivity contribution in [2.75, 3.05) is 16.0 Å². The fraction of sp³-hybridized carbons (Fsp3) is 0. The lowest BCUT2D eigenvalue weighted by Gasteiger charge is -2.09. The molecular weight excluding hydrogens is 352 g/mol. The molecule has 0 saturated carbocycles. The predicted molar refractivity (Wildman–Crippen MR) is 99.8 cm³/mol. The number of urea groups is 1. The summed E-state index contributed by atoms with van der Waals surface area (Å²) >= 11 is 0. The molecule has 0 aliphatic carbocycles. The Morgan fingerprint density at radius 3 is 1.85 bits per heavy atom. The van der Waals surface area contributed by atoms with Crippen LogP contribution in [-0.2, 0) is 0 Å². The average Bonchev–Trinajstić information content (AvgIpc) is 2.66. The van der Waals surface area contributed by atoms with E-state index in [9.17, 15) is 18.4 Å². The van der Waals surface area contributed by atoms with Crippen LogP contribution in [-0.4, -0.2) is 11.9 Å². The molecule has 0 spiro atoms. The first-order chi connectivity index (χ1) is 13.0. The molecule has 3 rings (SSSR count). The number of nitrogens with one attached hydrogen (secondary N) is 3. The summed E-state index contributed by atoms with van der Waals surface area (Å²) in [5.41, 5.74) is 1.13. The summed E-state index contributed by atoms with van der Waals surface area (Å²) in [4.78, 5) is 24.0. The van der Waals surface area contributed by atoms with Crippen LogP contribution in [0.1, 0.15) is 10.4 Å². The number of amides is 3. The van der Waals surface area contributed by atoms with Crippen molar-refractivity contribution < 1.29 is 18.4 Å². The molecule has 0 aromatic heterocycles. The Morgan fingerprint density at radius 2 is 1.22 bits per heavy atom. The van der Waals surface area contributed by atoms with Gasteiger partial charge in [0, 0.05) is 17.1 Å². The molecular formula is C20H15F2N3O2. The summed E-state index contributed by atoms with van der Waals surface area (Å²) in [6.45, 7) is 0. The Kier molecular flexibility index (Phi) is 5.41. The lowest BCUT2D eigenvalue weighted by molar-refractivity contribution is 0.102. The zero-order valence-corrected chi connectivity index (χ0v) is 14.0. The molecule has 0 fully saturated rings. The molecule has 0 aliphatic rings. The second kappa shape index (κ2) is 8.09. The van der Waals surface area contributed by atoms with Crippen LogP contribution in [0.2, 0.25) is 0 Å². The standard InChI is InChI=1S/C20H15F2N3O2/c21-13-6-11-18(22)17(12-13)19(26)23-15-7-9-16(10-8-15)25-20(27)24-14-4-2-1-3-5-14/h1-12H,(H,23,26)(H2,24,25,27). The highest BCUT2D eigenvalue weighted by atomic mass is 19.1. The largest absolute Gasteiger partial charge is 0.323 e. The molecule has 3 aromatic rings. The maximum atomic E-state index is 13.6. The van der Waals surface area contributed by atoms with Gasteiger partial charge in [0.1, 0.15) is 11.6 Å². The lowest BCUT2D eigenvalue weighted by Crippen LogP contribution is -2.19. The molecule has 0 heterocycles. The van der Waals surface area contributed by atoms with Crippen molar-refractivity contribution in [3.63, 3.8) is 0 Å². The maximum absolute atomic E-state index is 13.6. The third-order valence-corrected chi connectivity index (χ3v) is 3.61. The quantitative estimate of drug-likeness (QED) is 0.616. The molecule has 3 amide bonds. The molecule has 3 aromatic carbocycles. The van der Waals surface area contributed by atoms with Crippen LogP contribution in [0.4, 0.5) is 30.6 Å². The van der Waals surface area contributed by atoms with Crippen LogP contribution in [0.25, 0.3) is 0 Å². The van der Waals surface area contributed by atoms with Crippen molar-refractivity contribution in [1.29, 1.82) is 0 Å². The number of benzene rings is 3. The molecule has 0 bridgehead atoms. The van der Waals surface area contributed by atoms with Gasteiger partial charge in [-0.2, -0.15) is 0 Å². The summed E-state index contributed by atoms with van der Waals surface area (Å²) < 4.78 is 26.8. The van der Waals surface area contributed by atoms with Crippen LogP contribution < -0.4 is 16.0 Å². The zero-order chi connectivity index (χ0) is 19.2. The minimum atomic E-state index is -0.815. The van der Waals surface area contributed by atoms with Crippen molar-refractivity contribution in [3.8, 4) is 0 Å². The number of para-hydroxylation sites is 1. The van der Waals surface area contributed by atoms with E-state index in [1.807, 2.05) is 6.07 Å². The number of carbonyl (C=O) groups is 2. The van der Waals surface area contributed by atoms with Crippen molar-refractivity contribution in [2.45, 2.75) is 0 Å². The lowest BCUT2D eigenvalue weighted by atomic mass is 10.2. The smallest absolute Gasteiger partial charge is 0.322 e. The minimum Gasteiger partial charge on any atom is -0.322 e. The second-order valence-electron chi connectivity index (χ2n) is 5.60. The summed E-state index contributed by atoms with van der Waals surface area (Å²) in [7, 11) is 0. The summed E-state index contributed by atoms with van der Waals surface area (Å²) in [6, 6.07) is 17.4. The first-order valence-electron chi connectivity index (χ1n) is 8.01. The van der Waals surface area contributed by atoms with Crippen molar-refractivity contribution in [2.24, 2.45) is 0 Å². The second-order valence-corrected chi connectivity index (χ2v) is 5.60. The maximum Gasteiger partial charge on any atom is 0.323 e. The van der Waals surface area contributed by atoms with Gasteiger partial charge in [-0.1, -0.05) is 18.2 Å². The highest BCUT2D eigenvalue weighted by Gasteiger charge is 2.13. The third-order valence-electron chi connectivity index (χ3n) is 3.61. The topological polar surface area (TPSA) is 70.2 Å². The summed E-state index contributed by atoms with van der Waals surface area (Å²) in [5.74, 6) is -2.29. The zero-order valence-electron chi connectivity index (χ0n) is 14.0. The fourth-order valence-electron chi connectivity index (χ4n) is 2.32. The molecule has 27 heavy (non-hydrogen) atoms. The van der Waals surface area contributed by atoms with Crippen LogP contribution in [0.3, 0.4) is 0 Å². The van der Waals surface area contributed by atoms with E-state index in [2.05, 4.69) is 16.0 Å². The molecule has 3 N–H and O–H groups in total. The molecule has 0 aliphatic heterocycles. The molecule has 0 unspecified atom stereocenters. The highest BCUT2D eigenvalue weighted by Crippen LogP contribution is 2.17. The van der Waals surface area contributed by atoms with Gasteiger partial charge in [0.2, 0.25) is 0 Å². The summed E-state index contributed by atoms with van der Waals surface area (Å²) in [5, 5.41) is 7.79. The SMILES string of the molecule is O=C(Nc1ccccc1)Nc1ccc(NC(=O)c2cc(F)ccc2F)cc1. The van der Waals surface area contributed by atoms with Gasteiger partial charge in [0.05, 0.1) is 5.56 Å². The van der Waals surface area contributed by atoms with Crippen molar-refractivity contribution in [1.82, 2.24) is 0 Å². The van der Waals surface area contributed by atoms with Gasteiger partial charge in [-0.25, -0.2) is 13.6 Å². The predicted octanol–water partition coefficient (Wildman–Crippen LogP) is 4.86. The third kappa shape index (κ3) is 4.88. The highest BCUT2D eigenvalue weighted by molar-refractivity contribution is 6.04. The van der Waals surface area contributed by atoms with Crippen LogP contribution in [0.15, 0.2) is 72.8 Å². The van der Waals surface area contributed by atoms with E-state index in [0.717, 1.165) is 18.2 Å². The van der Waals surface area contributed by atoms with Gasteiger partial charge in [0.25, 0.3) is 5.91 Å². The Bertz CT molecular complexity index is 961. The number of hydrogen-bond acceptors (Lipinski definition) is 2. The van der Waals surface area contributed by atoms with Crippen molar-refractivity contribution in [3.05, 3.63) is 90.0 Å². The Labute approximate surface area is 154 Å². The van der Waals surface area contributed by atoms with E-state index in [1.165, 1.54) is 12.1 Å². The number of halogens is 2. The first-order valence-corrected chi connectivity index (χ1v) is 8.01. The van der Waals surface area contributed by atoms with Gasteiger partial charge in [-0.3, -0.25) is 4.79 Å². The molecule has 136 valence electrons. The van der Waals surface area contributed by atoms with Crippen LogP contribution in [0.5, 0.6) is 0 Å². The van der Waals surface area contributed by atoms with E-state index < -0.39 is 23.6 Å². The van der Waals surface area contributed by atoms with Crippen LogP contribution >= 0.6 is 0 Å². The molecule has 0 radical (unpaired) electrons. The number of carbonyl (C=O) groups excluding carboxylic acids is 2. The molecule has 0 saturated heterocycles. The number of anilines is 3. The Hall–Kier alpha value is -3.74. The minimum absolute atomic E-state index is 0.373. The first kappa shape index (κ1) is 18.1. The molecule has 5 nitrogen and oxygen atoms in total. The monoisotopic (exact) mass is 367 g/mol. The average molecular weight is 367 g/mol. The fourth-order valence-corrected chi connectivity index (χ4v) is 2.32. The van der Waals surface area contributed by atoms with Crippen molar-refractivity contribution >= 4 is 29.0 Å². The molecule has 7 heteroatoms. The van der Waals surface area contributed by atoms with Gasteiger partial charge >= 0.3 is 6.03 Å². The van der Waals surface area contributed by atoms with E-state index >= 15 is 0 Å². The van der Waals surface area contributed by atoms with Gasteiger partial charge in [0.15, 0.2) is 0 Å². The van der Waals surface area contributed by atoms with Gasteiger partial charge in [-0.05, 0) is 54.6 Å². The van der Waals surface area contributed by atoms with Gasteiger partial charge < -0.3 is 16.0 Å². The van der Waals surface area contributed by atoms with E-state index in [4.69, 9.17) is 0 Å². The number of rotatable bonds is 4.